The van der Waals surface area contributed by atoms with Crippen LogP contribution in [0.3, 0.4) is 0 Å². The van der Waals surface area contributed by atoms with Crippen LogP contribution in [0.1, 0.15) is 11.1 Å². The Hall–Kier alpha value is -2.20. The second-order valence-corrected chi connectivity index (χ2v) is 5.44. The summed E-state index contributed by atoms with van der Waals surface area (Å²) in [6.07, 6.45) is 4.04. The molecule has 0 saturated heterocycles. The number of hydrogen-bond acceptors (Lipinski definition) is 3. The minimum atomic E-state index is 0.515. The van der Waals surface area contributed by atoms with Crippen molar-refractivity contribution in [3.63, 3.8) is 0 Å². The maximum absolute atomic E-state index is 5.72. The molecular formula is C17H13BrN2O. The predicted molar refractivity (Wildman–Crippen MR) is 85.5 cm³/mol. The van der Waals surface area contributed by atoms with E-state index in [9.17, 15) is 0 Å². The Kier molecular flexibility index (Phi) is 4.26. The third-order valence-electron chi connectivity index (χ3n) is 3.02. The summed E-state index contributed by atoms with van der Waals surface area (Å²) in [6.45, 7) is 0. The first-order valence-electron chi connectivity index (χ1n) is 6.57. The van der Waals surface area contributed by atoms with Gasteiger partial charge >= 0.3 is 0 Å². The number of ether oxygens (including phenoxy) is 1. The van der Waals surface area contributed by atoms with Crippen LogP contribution < -0.4 is 4.74 Å². The van der Waals surface area contributed by atoms with Crippen LogP contribution in [0.5, 0.6) is 11.6 Å². The molecule has 0 bridgehead atoms. The Balaban J connectivity index is 1.71. The molecule has 0 amide bonds. The summed E-state index contributed by atoms with van der Waals surface area (Å²) < 4.78 is 6.45. The molecule has 0 unspecified atom stereocenters. The van der Waals surface area contributed by atoms with Crippen LogP contribution in [0.25, 0.3) is 0 Å². The minimum Gasteiger partial charge on any atom is -0.438 e. The van der Waals surface area contributed by atoms with E-state index in [2.05, 4.69) is 62.3 Å². The number of benzene rings is 2. The molecule has 3 rings (SSSR count). The van der Waals surface area contributed by atoms with E-state index in [-0.39, 0.29) is 0 Å². The van der Waals surface area contributed by atoms with Gasteiger partial charge in [0.2, 0.25) is 5.88 Å². The average molecular weight is 341 g/mol. The van der Waals surface area contributed by atoms with E-state index < -0.39 is 0 Å². The highest BCUT2D eigenvalue weighted by molar-refractivity contribution is 9.10. The van der Waals surface area contributed by atoms with Crippen LogP contribution in [-0.2, 0) is 6.42 Å². The number of hydrogen-bond donors (Lipinski definition) is 0. The quantitative estimate of drug-likeness (QED) is 0.694. The lowest BCUT2D eigenvalue weighted by atomic mass is 10.1. The Labute approximate surface area is 131 Å². The Morgan fingerprint density at radius 2 is 1.62 bits per heavy atom. The lowest BCUT2D eigenvalue weighted by molar-refractivity contribution is 0.458. The fourth-order valence-corrected chi connectivity index (χ4v) is 2.30. The molecule has 0 atom stereocenters. The summed E-state index contributed by atoms with van der Waals surface area (Å²) in [4.78, 5) is 7.99. The number of halogens is 1. The van der Waals surface area contributed by atoms with Gasteiger partial charge in [-0.05, 0) is 45.6 Å². The van der Waals surface area contributed by atoms with Gasteiger partial charge in [-0.25, -0.2) is 9.97 Å². The van der Waals surface area contributed by atoms with Crippen molar-refractivity contribution >= 4 is 15.9 Å². The summed E-state index contributed by atoms with van der Waals surface area (Å²) in [6, 6.07) is 18.4. The molecule has 21 heavy (non-hydrogen) atoms. The van der Waals surface area contributed by atoms with Crippen molar-refractivity contribution in [2.45, 2.75) is 6.42 Å². The van der Waals surface area contributed by atoms with Crippen LogP contribution >= 0.6 is 15.9 Å². The fourth-order valence-electron chi connectivity index (χ4n) is 2.00. The molecule has 3 aromatic rings. The molecule has 1 aromatic heterocycles. The smallest absolute Gasteiger partial charge is 0.236 e. The van der Waals surface area contributed by atoms with Gasteiger partial charge in [0.15, 0.2) is 0 Å². The third kappa shape index (κ3) is 3.67. The molecule has 0 aliphatic rings. The number of aromatic nitrogens is 2. The van der Waals surface area contributed by atoms with Gasteiger partial charge in [-0.3, -0.25) is 0 Å². The maximum atomic E-state index is 5.72. The van der Waals surface area contributed by atoms with Gasteiger partial charge in [0, 0.05) is 6.20 Å². The van der Waals surface area contributed by atoms with Crippen molar-refractivity contribution in [2.75, 3.05) is 0 Å². The topological polar surface area (TPSA) is 35.0 Å². The van der Waals surface area contributed by atoms with Crippen LogP contribution in [0.2, 0.25) is 0 Å². The van der Waals surface area contributed by atoms with Crippen LogP contribution in [-0.4, -0.2) is 9.97 Å². The Morgan fingerprint density at radius 1 is 0.905 bits per heavy atom. The predicted octanol–water partition coefficient (Wildman–Crippen LogP) is 4.62. The lowest BCUT2D eigenvalue weighted by Gasteiger charge is -2.07. The minimum absolute atomic E-state index is 0.515. The summed E-state index contributed by atoms with van der Waals surface area (Å²) >= 11 is 3.36. The van der Waals surface area contributed by atoms with E-state index in [0.29, 0.717) is 5.88 Å². The number of nitrogens with zero attached hydrogens (tertiary/aromatic N) is 2. The summed E-state index contributed by atoms with van der Waals surface area (Å²) in [5.74, 6) is 1.27. The fraction of sp³-hybridized carbons (Fsp3) is 0.0588. The first-order chi connectivity index (χ1) is 10.3. The van der Waals surface area contributed by atoms with E-state index in [1.54, 1.807) is 6.20 Å². The summed E-state index contributed by atoms with van der Waals surface area (Å²) in [7, 11) is 0. The molecule has 1 heterocycles. The largest absolute Gasteiger partial charge is 0.438 e. The molecule has 104 valence electrons. The van der Waals surface area contributed by atoms with Crippen LogP contribution in [0.15, 0.2) is 71.6 Å². The third-order valence-corrected chi connectivity index (χ3v) is 3.57. The number of rotatable bonds is 4. The van der Waals surface area contributed by atoms with Crippen molar-refractivity contribution < 1.29 is 4.74 Å². The van der Waals surface area contributed by atoms with Gasteiger partial charge in [0.25, 0.3) is 0 Å². The van der Waals surface area contributed by atoms with E-state index >= 15 is 0 Å². The van der Waals surface area contributed by atoms with Crippen molar-refractivity contribution in [1.29, 1.82) is 0 Å². The molecule has 0 radical (unpaired) electrons. The van der Waals surface area contributed by atoms with Gasteiger partial charge in [0.1, 0.15) is 12.1 Å². The molecule has 0 N–H and O–H groups in total. The van der Waals surface area contributed by atoms with Gasteiger partial charge in [-0.2, -0.15) is 0 Å². The molecule has 0 spiro atoms. The first-order valence-corrected chi connectivity index (χ1v) is 7.37. The monoisotopic (exact) mass is 340 g/mol. The molecule has 0 aliphatic heterocycles. The SMILES string of the molecule is Brc1cncnc1Oc1ccc(Cc2ccccc2)cc1. The highest BCUT2D eigenvalue weighted by atomic mass is 79.9. The molecule has 0 saturated carbocycles. The van der Waals surface area contributed by atoms with E-state index in [0.717, 1.165) is 16.6 Å². The van der Waals surface area contributed by atoms with Crippen molar-refractivity contribution in [1.82, 2.24) is 9.97 Å². The average Bonchev–Trinajstić information content (AvgIpc) is 2.52. The molecule has 0 aliphatic carbocycles. The Bertz CT molecular complexity index is 714. The normalized spacial score (nSPS) is 10.3. The van der Waals surface area contributed by atoms with E-state index in [4.69, 9.17) is 4.74 Å². The van der Waals surface area contributed by atoms with Gasteiger partial charge in [-0.15, -0.1) is 0 Å². The standard InChI is InChI=1S/C17H13BrN2O/c18-16-11-19-12-20-17(16)21-15-8-6-14(7-9-15)10-13-4-2-1-3-5-13/h1-9,11-12H,10H2. The Morgan fingerprint density at radius 3 is 2.33 bits per heavy atom. The first kappa shape index (κ1) is 13.8. The van der Waals surface area contributed by atoms with Gasteiger partial charge in [-0.1, -0.05) is 42.5 Å². The molecule has 3 nitrogen and oxygen atoms in total. The highest BCUT2D eigenvalue weighted by Crippen LogP contribution is 2.26. The molecule has 4 heteroatoms. The van der Waals surface area contributed by atoms with Crippen LogP contribution in [0.4, 0.5) is 0 Å². The second kappa shape index (κ2) is 6.50. The summed E-state index contributed by atoms with van der Waals surface area (Å²) in [5, 5.41) is 0. The lowest BCUT2D eigenvalue weighted by Crippen LogP contribution is -1.91. The zero-order valence-corrected chi connectivity index (χ0v) is 12.8. The maximum Gasteiger partial charge on any atom is 0.236 e. The highest BCUT2D eigenvalue weighted by Gasteiger charge is 2.04. The van der Waals surface area contributed by atoms with E-state index in [1.807, 2.05) is 18.2 Å². The van der Waals surface area contributed by atoms with Crippen molar-refractivity contribution in [3.05, 3.63) is 82.7 Å². The van der Waals surface area contributed by atoms with Crippen molar-refractivity contribution in [3.8, 4) is 11.6 Å². The second-order valence-electron chi connectivity index (χ2n) is 4.58. The summed E-state index contributed by atoms with van der Waals surface area (Å²) in [5.41, 5.74) is 2.54. The van der Waals surface area contributed by atoms with Gasteiger partial charge in [0.05, 0.1) is 4.47 Å². The molecule has 0 fully saturated rings. The zero-order valence-electron chi connectivity index (χ0n) is 11.2. The molecular weight excluding hydrogens is 328 g/mol. The van der Waals surface area contributed by atoms with E-state index in [1.165, 1.54) is 17.5 Å². The van der Waals surface area contributed by atoms with Gasteiger partial charge < -0.3 is 4.74 Å². The van der Waals surface area contributed by atoms with Crippen molar-refractivity contribution in [2.24, 2.45) is 0 Å². The zero-order chi connectivity index (χ0) is 14.5. The van der Waals surface area contributed by atoms with Crippen LogP contribution in [0, 0.1) is 0 Å². The molecule has 2 aromatic carbocycles.